The van der Waals surface area contributed by atoms with Crippen LogP contribution in [0.2, 0.25) is 0 Å². The first-order valence-corrected chi connectivity index (χ1v) is 8.54. The van der Waals surface area contributed by atoms with Crippen molar-refractivity contribution in [3.63, 3.8) is 0 Å². The molecule has 0 radical (unpaired) electrons. The van der Waals surface area contributed by atoms with Crippen molar-refractivity contribution in [3.05, 3.63) is 0 Å². The van der Waals surface area contributed by atoms with Gasteiger partial charge in [-0.2, -0.15) is 0 Å². The van der Waals surface area contributed by atoms with Gasteiger partial charge in [-0.05, 0) is 25.7 Å². The highest BCUT2D eigenvalue weighted by molar-refractivity contribution is 8.11. The SMILES string of the molecule is S=C(S)N1CCC[C@@H]1COOC[C@H]1CCCN1C(=S)S. The first-order valence-electron chi connectivity index (χ1n) is 6.83. The van der Waals surface area contributed by atoms with Crippen molar-refractivity contribution in [2.24, 2.45) is 0 Å². The van der Waals surface area contributed by atoms with Gasteiger partial charge in [-0.3, -0.25) is 0 Å². The first kappa shape index (κ1) is 16.8. The van der Waals surface area contributed by atoms with E-state index < -0.39 is 0 Å². The molecule has 0 unspecified atom stereocenters. The lowest BCUT2D eigenvalue weighted by atomic mass is 10.2. The maximum atomic E-state index is 5.36. The van der Waals surface area contributed by atoms with Gasteiger partial charge >= 0.3 is 0 Å². The average Bonchev–Trinajstić information content (AvgIpc) is 3.03. The highest BCUT2D eigenvalue weighted by Crippen LogP contribution is 2.21. The van der Waals surface area contributed by atoms with E-state index in [1.54, 1.807) is 0 Å². The minimum absolute atomic E-state index is 0.283. The number of hydrogen-bond acceptors (Lipinski definition) is 4. The minimum Gasteiger partial charge on any atom is -0.352 e. The molecule has 0 spiro atoms. The summed E-state index contributed by atoms with van der Waals surface area (Å²) in [5.74, 6) is 0. The maximum Gasteiger partial charge on any atom is 0.133 e. The van der Waals surface area contributed by atoms with Gasteiger partial charge in [-0.15, -0.1) is 25.3 Å². The number of rotatable bonds is 5. The third kappa shape index (κ3) is 4.45. The Labute approximate surface area is 141 Å². The van der Waals surface area contributed by atoms with Gasteiger partial charge in [-0.25, -0.2) is 9.78 Å². The Morgan fingerprint density at radius 1 is 0.900 bits per heavy atom. The molecule has 20 heavy (non-hydrogen) atoms. The van der Waals surface area contributed by atoms with Crippen LogP contribution in [0.4, 0.5) is 0 Å². The third-order valence-electron chi connectivity index (χ3n) is 3.85. The van der Waals surface area contributed by atoms with Crippen molar-refractivity contribution >= 4 is 58.3 Å². The summed E-state index contributed by atoms with van der Waals surface area (Å²) < 4.78 is 1.27. The van der Waals surface area contributed by atoms with Crippen molar-refractivity contribution in [2.75, 3.05) is 26.3 Å². The van der Waals surface area contributed by atoms with E-state index in [0.29, 0.717) is 21.9 Å². The van der Waals surface area contributed by atoms with Crippen LogP contribution >= 0.6 is 49.7 Å². The van der Waals surface area contributed by atoms with E-state index >= 15 is 0 Å². The number of nitrogens with zero attached hydrogens (tertiary/aromatic N) is 2. The number of thiocarbonyl (C=S) groups is 2. The zero-order valence-electron chi connectivity index (χ0n) is 11.2. The molecular formula is C12H20N2O2S4. The molecule has 0 aromatic carbocycles. The quantitative estimate of drug-likeness (QED) is 0.259. The lowest BCUT2D eigenvalue weighted by Crippen LogP contribution is -2.37. The van der Waals surface area contributed by atoms with Crippen molar-refractivity contribution in [1.82, 2.24) is 9.80 Å². The molecule has 0 amide bonds. The van der Waals surface area contributed by atoms with Gasteiger partial charge < -0.3 is 9.80 Å². The molecule has 2 heterocycles. The Hall–Kier alpha value is 0.400. The number of thiol groups is 2. The van der Waals surface area contributed by atoms with Crippen LogP contribution in [0, 0.1) is 0 Å². The van der Waals surface area contributed by atoms with E-state index in [2.05, 4.69) is 35.1 Å². The molecule has 0 aliphatic carbocycles. The van der Waals surface area contributed by atoms with Gasteiger partial charge in [0, 0.05) is 13.1 Å². The first-order chi connectivity index (χ1) is 9.59. The minimum atomic E-state index is 0.283. The summed E-state index contributed by atoms with van der Waals surface area (Å²) in [4.78, 5) is 14.9. The van der Waals surface area contributed by atoms with Gasteiger partial charge in [-0.1, -0.05) is 24.4 Å². The molecule has 0 N–H and O–H groups in total. The summed E-state index contributed by atoms with van der Waals surface area (Å²) in [6.07, 6.45) is 4.39. The Morgan fingerprint density at radius 3 is 1.65 bits per heavy atom. The fourth-order valence-corrected chi connectivity index (χ4v) is 3.78. The van der Waals surface area contributed by atoms with Gasteiger partial charge in [0.05, 0.1) is 12.1 Å². The van der Waals surface area contributed by atoms with Crippen LogP contribution in [0.1, 0.15) is 25.7 Å². The fraction of sp³-hybridized carbons (Fsp3) is 0.833. The van der Waals surface area contributed by atoms with Crippen LogP contribution in [0.25, 0.3) is 0 Å². The summed E-state index contributed by atoms with van der Waals surface area (Å²) in [7, 11) is 0. The molecule has 2 saturated heterocycles. The summed E-state index contributed by atoms with van der Waals surface area (Å²) in [6.45, 7) is 2.97. The molecule has 114 valence electrons. The summed E-state index contributed by atoms with van der Waals surface area (Å²) in [6, 6.07) is 0.566. The molecule has 2 aliphatic rings. The van der Waals surface area contributed by atoms with Gasteiger partial charge in [0.2, 0.25) is 0 Å². The Bertz CT molecular complexity index is 335. The molecule has 8 heteroatoms. The average molecular weight is 353 g/mol. The predicted octanol–water partition coefficient (Wildman–Crippen LogP) is 2.29. The fourth-order valence-electron chi connectivity index (χ4n) is 2.77. The van der Waals surface area contributed by atoms with Crippen LogP contribution < -0.4 is 0 Å². The topological polar surface area (TPSA) is 24.9 Å². The second-order valence-corrected chi connectivity index (χ2v) is 7.34. The zero-order valence-corrected chi connectivity index (χ0v) is 14.7. The predicted molar refractivity (Wildman–Crippen MR) is 94.5 cm³/mol. The highest BCUT2D eigenvalue weighted by atomic mass is 32.1. The lowest BCUT2D eigenvalue weighted by Gasteiger charge is -2.26. The van der Waals surface area contributed by atoms with Crippen molar-refractivity contribution < 1.29 is 9.78 Å². The summed E-state index contributed by atoms with van der Waals surface area (Å²) in [5, 5.41) is 0. The molecular weight excluding hydrogens is 332 g/mol. The molecule has 0 bridgehead atoms. The summed E-state index contributed by atoms with van der Waals surface area (Å²) in [5.41, 5.74) is 0. The second kappa shape index (κ2) is 8.14. The summed E-state index contributed by atoms with van der Waals surface area (Å²) >= 11 is 18.7. The zero-order chi connectivity index (χ0) is 14.5. The Balaban J connectivity index is 1.66. The molecule has 4 nitrogen and oxygen atoms in total. The van der Waals surface area contributed by atoms with E-state index in [1.165, 1.54) is 0 Å². The van der Waals surface area contributed by atoms with Gasteiger partial charge in [0.1, 0.15) is 21.9 Å². The van der Waals surface area contributed by atoms with Crippen LogP contribution in [0.5, 0.6) is 0 Å². The van der Waals surface area contributed by atoms with Crippen LogP contribution in [0.15, 0.2) is 0 Å². The van der Waals surface area contributed by atoms with E-state index in [-0.39, 0.29) is 12.1 Å². The molecule has 0 aromatic heterocycles. The van der Waals surface area contributed by atoms with E-state index in [1.807, 2.05) is 0 Å². The van der Waals surface area contributed by atoms with Crippen molar-refractivity contribution in [3.8, 4) is 0 Å². The normalized spacial score (nSPS) is 26.3. The standard InChI is InChI=1S/C12H20N2O2S4/c17-11(18)13-5-1-3-9(13)7-15-16-8-10-4-2-6-14(10)12(19)20/h9-10H,1-8H2,(H,17,18)(H,19,20)/t9-,10-/m1/s1. The molecule has 2 fully saturated rings. The molecule has 2 aliphatic heterocycles. The van der Waals surface area contributed by atoms with E-state index in [0.717, 1.165) is 38.8 Å². The molecule has 0 saturated carbocycles. The Kier molecular flexibility index (Phi) is 6.83. The van der Waals surface area contributed by atoms with Crippen LogP contribution in [-0.2, 0) is 9.78 Å². The number of likely N-dealkylation sites (tertiary alicyclic amines) is 2. The smallest absolute Gasteiger partial charge is 0.133 e. The lowest BCUT2D eigenvalue weighted by molar-refractivity contribution is -0.304. The van der Waals surface area contributed by atoms with E-state index in [9.17, 15) is 0 Å². The van der Waals surface area contributed by atoms with Crippen molar-refractivity contribution in [2.45, 2.75) is 37.8 Å². The highest BCUT2D eigenvalue weighted by Gasteiger charge is 2.27. The number of hydrogen-bond donors (Lipinski definition) is 2. The van der Waals surface area contributed by atoms with Crippen molar-refractivity contribution in [1.29, 1.82) is 0 Å². The largest absolute Gasteiger partial charge is 0.352 e. The second-order valence-electron chi connectivity index (χ2n) is 5.11. The van der Waals surface area contributed by atoms with Crippen LogP contribution in [0.3, 0.4) is 0 Å². The van der Waals surface area contributed by atoms with Crippen LogP contribution in [-0.4, -0.2) is 56.8 Å². The maximum absolute atomic E-state index is 5.36. The molecule has 0 aromatic rings. The molecule has 2 atom stereocenters. The Morgan fingerprint density at radius 2 is 1.30 bits per heavy atom. The van der Waals surface area contributed by atoms with E-state index in [4.69, 9.17) is 34.2 Å². The van der Waals surface area contributed by atoms with Gasteiger partial charge in [0.25, 0.3) is 0 Å². The molecule has 2 rings (SSSR count). The third-order valence-corrected chi connectivity index (χ3v) is 4.83. The van der Waals surface area contributed by atoms with Gasteiger partial charge in [0.15, 0.2) is 0 Å². The monoisotopic (exact) mass is 352 g/mol.